The highest BCUT2D eigenvalue weighted by Gasteiger charge is 2.61. The highest BCUT2D eigenvalue weighted by molar-refractivity contribution is 6.30. The molecule has 7 heteroatoms. The van der Waals surface area contributed by atoms with Gasteiger partial charge >= 0.3 is 0 Å². The lowest BCUT2D eigenvalue weighted by molar-refractivity contribution is -0.123. The average molecular weight is 459 g/mol. The number of hydrogen-bond donors (Lipinski definition) is 2. The molecule has 1 amide bonds. The maximum absolute atomic E-state index is 13.8. The Hall–Kier alpha value is -3.56. The van der Waals surface area contributed by atoms with Crippen molar-refractivity contribution in [2.45, 2.75) is 39.0 Å². The minimum absolute atomic E-state index is 0.0520. The number of carbonyl (C=O) groups is 2. The first-order valence-corrected chi connectivity index (χ1v) is 11.1. The summed E-state index contributed by atoms with van der Waals surface area (Å²) in [4.78, 5) is 29.2. The van der Waals surface area contributed by atoms with E-state index in [1.165, 1.54) is 0 Å². The Labute approximate surface area is 197 Å². The van der Waals surface area contributed by atoms with Crippen LogP contribution < -0.4 is 16.0 Å². The molecule has 3 N–H and O–H groups in total. The first kappa shape index (κ1) is 21.3. The van der Waals surface area contributed by atoms with Gasteiger partial charge in [0.2, 0.25) is 5.91 Å². The summed E-state index contributed by atoms with van der Waals surface area (Å²) in [6, 6.07) is 14.9. The van der Waals surface area contributed by atoms with Gasteiger partial charge in [-0.3, -0.25) is 14.5 Å². The predicted molar refractivity (Wildman–Crippen MR) is 127 cm³/mol. The summed E-state index contributed by atoms with van der Waals surface area (Å²) in [5.41, 5.74) is 8.53. The zero-order chi connectivity index (χ0) is 23.7. The number of halogens is 1. The van der Waals surface area contributed by atoms with E-state index in [9.17, 15) is 14.9 Å². The topological polar surface area (TPSA) is 99.2 Å². The van der Waals surface area contributed by atoms with Gasteiger partial charge in [-0.25, -0.2) is 0 Å². The Morgan fingerprint density at radius 1 is 1.15 bits per heavy atom. The molecule has 0 bridgehead atoms. The Morgan fingerprint density at radius 3 is 2.61 bits per heavy atom. The van der Waals surface area contributed by atoms with Gasteiger partial charge in [-0.05, 0) is 43.0 Å². The van der Waals surface area contributed by atoms with E-state index in [0.717, 1.165) is 5.56 Å². The van der Waals surface area contributed by atoms with Crippen LogP contribution in [-0.4, -0.2) is 11.7 Å². The number of nitriles is 1. The van der Waals surface area contributed by atoms with Gasteiger partial charge in [0.05, 0.1) is 5.57 Å². The van der Waals surface area contributed by atoms with Crippen LogP contribution in [0.5, 0.6) is 0 Å². The summed E-state index contributed by atoms with van der Waals surface area (Å²) in [5.74, 6) is -0.444. The summed E-state index contributed by atoms with van der Waals surface area (Å²) < 4.78 is 0. The van der Waals surface area contributed by atoms with E-state index >= 15 is 0 Å². The van der Waals surface area contributed by atoms with Gasteiger partial charge in [0.1, 0.15) is 17.3 Å². The number of benzene rings is 2. The number of rotatable bonds is 1. The van der Waals surface area contributed by atoms with Gasteiger partial charge in [-0.1, -0.05) is 49.2 Å². The van der Waals surface area contributed by atoms with Gasteiger partial charge in [0.15, 0.2) is 5.78 Å². The highest BCUT2D eigenvalue weighted by Crippen LogP contribution is 2.57. The van der Waals surface area contributed by atoms with Gasteiger partial charge in [0, 0.05) is 39.7 Å². The molecule has 0 fully saturated rings. The summed E-state index contributed by atoms with van der Waals surface area (Å²) >= 11 is 6.27. The van der Waals surface area contributed by atoms with Crippen LogP contribution >= 0.6 is 11.6 Å². The Balaban J connectivity index is 1.92. The van der Waals surface area contributed by atoms with Crippen molar-refractivity contribution in [2.75, 3.05) is 10.2 Å². The third kappa shape index (κ3) is 2.86. The number of fused-ring (bicyclic) bond motifs is 3. The number of ketones is 1. The minimum Gasteiger partial charge on any atom is -0.384 e. The zero-order valence-corrected chi connectivity index (χ0v) is 19.4. The molecule has 1 aliphatic carbocycles. The molecule has 2 aromatic carbocycles. The largest absolute Gasteiger partial charge is 0.384 e. The van der Waals surface area contributed by atoms with E-state index in [1.807, 2.05) is 45.0 Å². The minimum atomic E-state index is -1.57. The van der Waals surface area contributed by atoms with Crippen molar-refractivity contribution in [1.82, 2.24) is 0 Å². The quantitative estimate of drug-likeness (QED) is 0.645. The highest BCUT2D eigenvalue weighted by atomic mass is 35.5. The monoisotopic (exact) mass is 458 g/mol. The molecule has 1 atom stereocenters. The third-order valence-corrected chi connectivity index (χ3v) is 6.95. The van der Waals surface area contributed by atoms with Crippen molar-refractivity contribution < 1.29 is 9.59 Å². The van der Waals surface area contributed by atoms with E-state index in [0.29, 0.717) is 39.7 Å². The van der Waals surface area contributed by atoms with E-state index in [1.54, 1.807) is 23.1 Å². The van der Waals surface area contributed by atoms with Gasteiger partial charge < -0.3 is 11.1 Å². The lowest BCUT2D eigenvalue weighted by Crippen LogP contribution is -2.52. The molecule has 0 aromatic heterocycles. The lowest BCUT2D eigenvalue weighted by atomic mass is 9.60. The number of nitrogens with one attached hydrogen (secondary N) is 1. The van der Waals surface area contributed by atoms with E-state index in [-0.39, 0.29) is 29.0 Å². The second-order valence-corrected chi connectivity index (χ2v) is 10.1. The number of hydrogen-bond acceptors (Lipinski definition) is 5. The van der Waals surface area contributed by atoms with Crippen LogP contribution in [0.25, 0.3) is 0 Å². The molecular weight excluding hydrogens is 436 g/mol. The van der Waals surface area contributed by atoms with Crippen LogP contribution in [0, 0.1) is 23.7 Å². The molecule has 3 aliphatic rings. The molecule has 0 saturated carbocycles. The Kier molecular flexibility index (Phi) is 4.50. The average Bonchev–Trinajstić information content (AvgIpc) is 2.99. The number of aryl methyl sites for hydroxylation is 1. The zero-order valence-electron chi connectivity index (χ0n) is 18.6. The smallest absolute Gasteiger partial charge is 0.245 e. The molecule has 2 heterocycles. The van der Waals surface area contributed by atoms with Gasteiger partial charge in [0.25, 0.3) is 0 Å². The maximum atomic E-state index is 13.8. The fraction of sp³-hybridized carbons (Fsp3) is 0.269. The van der Waals surface area contributed by atoms with Gasteiger partial charge in [-0.2, -0.15) is 5.26 Å². The van der Waals surface area contributed by atoms with Crippen molar-refractivity contribution in [3.05, 3.63) is 81.3 Å². The van der Waals surface area contributed by atoms with Crippen LogP contribution in [0.1, 0.15) is 37.8 Å². The van der Waals surface area contributed by atoms with Gasteiger partial charge in [-0.15, -0.1) is 0 Å². The first-order valence-electron chi connectivity index (χ1n) is 10.8. The number of nitrogens with two attached hydrogens (primary N) is 1. The number of allylic oxidation sites excluding steroid dienone is 1. The second-order valence-electron chi connectivity index (χ2n) is 9.70. The summed E-state index contributed by atoms with van der Waals surface area (Å²) in [7, 11) is 0. The fourth-order valence-corrected chi connectivity index (χ4v) is 5.63. The van der Waals surface area contributed by atoms with E-state index in [4.69, 9.17) is 17.3 Å². The molecule has 33 heavy (non-hydrogen) atoms. The lowest BCUT2D eigenvalue weighted by Gasteiger charge is -2.46. The van der Waals surface area contributed by atoms with Crippen molar-refractivity contribution in [3.63, 3.8) is 0 Å². The predicted octanol–water partition coefficient (Wildman–Crippen LogP) is 4.70. The standard InChI is InChI=1S/C26H23ClN4O2/c1-14-7-8-19-17(9-14)26(24(33)30-19)18(13-28)23(29)31(16-6-4-5-15(27)10-16)20-11-25(2,3)12-21(32)22(20)26/h4-10H,11-12,29H2,1-3H3,(H,30,33). The number of anilines is 2. The van der Waals surface area contributed by atoms with Crippen LogP contribution in [-0.2, 0) is 15.0 Å². The fourth-order valence-electron chi connectivity index (χ4n) is 5.44. The number of carbonyl (C=O) groups excluding carboxylic acids is 2. The SMILES string of the molecule is Cc1ccc2c(c1)C1(C(=O)N2)C(C#N)=C(N)N(c2cccc(Cl)c2)C2=C1C(=O)CC(C)(C)C2. The van der Waals surface area contributed by atoms with Crippen LogP contribution in [0.4, 0.5) is 11.4 Å². The van der Waals surface area contributed by atoms with Crippen LogP contribution in [0.3, 0.4) is 0 Å². The molecule has 0 radical (unpaired) electrons. The number of amides is 1. The van der Waals surface area contributed by atoms with E-state index < -0.39 is 11.3 Å². The summed E-state index contributed by atoms with van der Waals surface area (Å²) in [6.07, 6.45) is 0.778. The van der Waals surface area contributed by atoms with Crippen molar-refractivity contribution in [2.24, 2.45) is 11.1 Å². The van der Waals surface area contributed by atoms with E-state index in [2.05, 4.69) is 11.4 Å². The second kappa shape index (κ2) is 6.97. The number of nitrogens with zero attached hydrogens (tertiary/aromatic N) is 2. The molecule has 6 nitrogen and oxygen atoms in total. The molecule has 0 saturated heterocycles. The van der Waals surface area contributed by atoms with Crippen LogP contribution in [0.2, 0.25) is 5.02 Å². The number of Topliss-reactive ketones (excluding diaryl/α,β-unsaturated/α-hetero) is 1. The summed E-state index contributed by atoms with van der Waals surface area (Å²) in [5, 5.41) is 13.7. The van der Waals surface area contributed by atoms with Crippen molar-refractivity contribution >= 4 is 34.7 Å². The molecule has 2 aliphatic heterocycles. The van der Waals surface area contributed by atoms with Crippen molar-refractivity contribution in [3.8, 4) is 6.07 Å². The van der Waals surface area contributed by atoms with Crippen molar-refractivity contribution in [1.29, 1.82) is 5.26 Å². The molecule has 1 unspecified atom stereocenters. The van der Waals surface area contributed by atoms with Crippen LogP contribution in [0.15, 0.2) is 65.1 Å². The third-order valence-electron chi connectivity index (χ3n) is 6.72. The molecule has 1 spiro atoms. The Morgan fingerprint density at radius 2 is 1.91 bits per heavy atom. The maximum Gasteiger partial charge on any atom is 0.245 e. The first-order chi connectivity index (χ1) is 15.6. The molecule has 2 aromatic rings. The summed E-state index contributed by atoms with van der Waals surface area (Å²) in [6.45, 7) is 5.95. The normalized spacial score (nSPS) is 23.4. The molecule has 166 valence electrons. The molecule has 5 rings (SSSR count). The Bertz CT molecular complexity index is 1360. The molecular formula is C26H23ClN4O2.